The first-order valence-corrected chi connectivity index (χ1v) is 8.40. The van der Waals surface area contributed by atoms with Gasteiger partial charge in [0.25, 0.3) is 9.84 Å². The molecule has 1 aromatic rings. The van der Waals surface area contributed by atoms with Crippen LogP contribution in [0.1, 0.15) is 0 Å². The monoisotopic (exact) mass is 350 g/mol. The highest BCUT2D eigenvalue weighted by Gasteiger charge is 2.48. The van der Waals surface area contributed by atoms with E-state index in [0.717, 1.165) is 12.1 Å². The highest BCUT2D eigenvalue weighted by molar-refractivity contribution is 7.92. The van der Waals surface area contributed by atoms with Crippen LogP contribution in [0.5, 0.6) is 0 Å². The highest BCUT2D eigenvalue weighted by atomic mass is 32.2. The van der Waals surface area contributed by atoms with Crippen LogP contribution in [-0.4, -0.2) is 34.6 Å². The van der Waals surface area contributed by atoms with Gasteiger partial charge in [-0.2, -0.15) is 13.2 Å². The second kappa shape index (κ2) is 5.77. The van der Waals surface area contributed by atoms with Gasteiger partial charge in [0.2, 0.25) is 10.0 Å². The molecule has 0 aromatic heterocycles. The third kappa shape index (κ3) is 4.54. The van der Waals surface area contributed by atoms with Crippen molar-refractivity contribution in [3.63, 3.8) is 0 Å². The Morgan fingerprint density at radius 3 is 2.19 bits per heavy atom. The number of sulfone groups is 1. The van der Waals surface area contributed by atoms with Crippen molar-refractivity contribution in [1.29, 1.82) is 0 Å². The third-order valence-corrected chi connectivity index (χ3v) is 4.54. The van der Waals surface area contributed by atoms with Crippen LogP contribution in [0.3, 0.4) is 0 Å². The zero-order chi connectivity index (χ0) is 16.5. The summed E-state index contributed by atoms with van der Waals surface area (Å²) in [7, 11) is -9.67. The van der Waals surface area contributed by atoms with Crippen LogP contribution in [0.2, 0.25) is 0 Å². The van der Waals surface area contributed by atoms with Gasteiger partial charge >= 0.3 is 5.51 Å². The lowest BCUT2D eigenvalue weighted by atomic mass is 10.3. The molecule has 120 valence electrons. The summed E-state index contributed by atoms with van der Waals surface area (Å²) >= 11 is 0. The van der Waals surface area contributed by atoms with Gasteiger partial charge in [0.1, 0.15) is 10.7 Å². The molecule has 0 aliphatic carbocycles. The molecule has 0 aliphatic heterocycles. The minimum atomic E-state index is -5.78. The third-order valence-electron chi connectivity index (χ3n) is 2.24. The van der Waals surface area contributed by atoms with Crippen LogP contribution in [-0.2, 0) is 19.9 Å². The average Bonchev–Trinajstić information content (AvgIpc) is 2.27. The van der Waals surface area contributed by atoms with Crippen molar-refractivity contribution in [2.45, 2.75) is 10.4 Å². The Hall–Kier alpha value is -1.40. The molecule has 3 N–H and O–H groups in total. The molecule has 21 heavy (non-hydrogen) atoms. The number of sulfonamides is 1. The maximum absolute atomic E-state index is 13.0. The summed E-state index contributed by atoms with van der Waals surface area (Å²) in [5.74, 6) is -1.83. The van der Waals surface area contributed by atoms with Crippen molar-refractivity contribution >= 4 is 25.5 Å². The van der Waals surface area contributed by atoms with Crippen LogP contribution in [0.15, 0.2) is 23.1 Å². The second-order valence-corrected chi connectivity index (χ2v) is 7.53. The largest absolute Gasteiger partial charge is 0.501 e. The molecule has 0 unspecified atom stereocenters. The fraction of sp³-hybridized carbons (Fsp3) is 0.333. The minimum Gasteiger partial charge on any atom is -0.383 e. The fourth-order valence-electron chi connectivity index (χ4n) is 1.32. The van der Waals surface area contributed by atoms with Gasteiger partial charge in [-0.05, 0) is 18.2 Å². The molecule has 0 aliphatic rings. The standard InChI is InChI=1S/C9H10F4N2O4S2/c10-6-1-2-7(15-3-4-20(14,16)17)8(5-6)21(18,19)9(11,12)13/h1-2,5,15H,3-4H2,(H2,14,16,17). The molecule has 1 rings (SSSR count). The Bertz CT molecular complexity index is 729. The number of alkyl halides is 3. The number of benzene rings is 1. The number of anilines is 1. The minimum absolute atomic E-state index is 0.197. The Kier molecular flexibility index (Phi) is 4.85. The molecule has 0 radical (unpaired) electrons. The van der Waals surface area contributed by atoms with E-state index in [9.17, 15) is 34.4 Å². The Labute approximate surface area is 117 Å². The Morgan fingerprint density at radius 2 is 1.71 bits per heavy atom. The van der Waals surface area contributed by atoms with Gasteiger partial charge in [-0.3, -0.25) is 0 Å². The topological polar surface area (TPSA) is 106 Å². The highest BCUT2D eigenvalue weighted by Crippen LogP contribution is 2.34. The summed E-state index contributed by atoms with van der Waals surface area (Å²) < 4.78 is 94.5. The van der Waals surface area contributed by atoms with E-state index < -0.39 is 54.1 Å². The van der Waals surface area contributed by atoms with Gasteiger partial charge in [-0.15, -0.1) is 0 Å². The van der Waals surface area contributed by atoms with E-state index in [-0.39, 0.29) is 6.07 Å². The predicted molar refractivity (Wildman–Crippen MR) is 66.1 cm³/mol. The lowest BCUT2D eigenvalue weighted by molar-refractivity contribution is -0.0435. The number of hydrogen-bond acceptors (Lipinski definition) is 5. The van der Waals surface area contributed by atoms with Crippen LogP contribution in [0.4, 0.5) is 23.2 Å². The number of nitrogens with one attached hydrogen (secondary N) is 1. The molecule has 1 aromatic carbocycles. The normalized spacial score (nSPS) is 13.2. The van der Waals surface area contributed by atoms with Gasteiger partial charge in [-0.25, -0.2) is 26.4 Å². The molecule has 6 nitrogen and oxygen atoms in total. The number of rotatable bonds is 5. The van der Waals surface area contributed by atoms with E-state index in [1.165, 1.54) is 0 Å². The van der Waals surface area contributed by atoms with E-state index in [2.05, 4.69) is 5.32 Å². The zero-order valence-electron chi connectivity index (χ0n) is 10.2. The first kappa shape index (κ1) is 17.7. The van der Waals surface area contributed by atoms with E-state index in [0.29, 0.717) is 0 Å². The average molecular weight is 350 g/mol. The zero-order valence-corrected chi connectivity index (χ0v) is 11.8. The van der Waals surface area contributed by atoms with Crippen LogP contribution < -0.4 is 10.5 Å². The first-order valence-electron chi connectivity index (χ1n) is 5.20. The summed E-state index contributed by atoms with van der Waals surface area (Å²) in [6.07, 6.45) is 0. The van der Waals surface area contributed by atoms with Gasteiger partial charge in [0, 0.05) is 6.54 Å². The molecule has 12 heteroatoms. The maximum atomic E-state index is 13.0. The SMILES string of the molecule is NS(=O)(=O)CCNc1ccc(F)cc1S(=O)(=O)C(F)(F)F. The number of nitrogens with two attached hydrogens (primary N) is 1. The van der Waals surface area contributed by atoms with Crippen molar-refractivity contribution in [3.8, 4) is 0 Å². The Balaban J connectivity index is 3.18. The molecule has 0 fully saturated rings. The van der Waals surface area contributed by atoms with E-state index in [1.54, 1.807) is 0 Å². The molecular weight excluding hydrogens is 340 g/mol. The summed E-state index contributed by atoms with van der Waals surface area (Å²) in [5.41, 5.74) is -6.19. The molecule has 0 atom stereocenters. The van der Waals surface area contributed by atoms with Gasteiger partial charge < -0.3 is 5.32 Å². The van der Waals surface area contributed by atoms with Crippen molar-refractivity contribution in [2.24, 2.45) is 5.14 Å². The molecular formula is C9H10F4N2O4S2. The van der Waals surface area contributed by atoms with Gasteiger partial charge in [0.15, 0.2) is 0 Å². The van der Waals surface area contributed by atoms with Crippen molar-refractivity contribution in [2.75, 3.05) is 17.6 Å². The maximum Gasteiger partial charge on any atom is 0.501 e. The van der Waals surface area contributed by atoms with Gasteiger partial charge in [-0.1, -0.05) is 0 Å². The van der Waals surface area contributed by atoms with Crippen LogP contribution in [0.25, 0.3) is 0 Å². The smallest absolute Gasteiger partial charge is 0.383 e. The summed E-state index contributed by atoms with van der Waals surface area (Å²) in [4.78, 5) is -1.33. The molecule has 0 bridgehead atoms. The molecule has 0 spiro atoms. The lowest BCUT2D eigenvalue weighted by Gasteiger charge is -2.14. The number of hydrogen-bond donors (Lipinski definition) is 2. The van der Waals surface area contributed by atoms with E-state index >= 15 is 0 Å². The summed E-state index contributed by atoms with van der Waals surface area (Å²) in [6, 6.07) is 1.69. The summed E-state index contributed by atoms with van der Waals surface area (Å²) in [6.45, 7) is -0.440. The molecule has 0 amide bonds. The quantitative estimate of drug-likeness (QED) is 0.765. The van der Waals surface area contributed by atoms with Crippen LogP contribution in [0, 0.1) is 5.82 Å². The van der Waals surface area contributed by atoms with E-state index in [4.69, 9.17) is 5.14 Å². The van der Waals surface area contributed by atoms with Gasteiger partial charge in [0.05, 0.1) is 11.4 Å². The van der Waals surface area contributed by atoms with E-state index in [1.807, 2.05) is 0 Å². The molecule has 0 heterocycles. The van der Waals surface area contributed by atoms with Crippen molar-refractivity contribution in [1.82, 2.24) is 0 Å². The first-order chi connectivity index (χ1) is 9.34. The second-order valence-electron chi connectivity index (χ2n) is 3.88. The summed E-state index contributed by atoms with van der Waals surface area (Å²) in [5, 5.41) is 6.86. The Morgan fingerprint density at radius 1 is 1.14 bits per heavy atom. The van der Waals surface area contributed by atoms with Crippen molar-refractivity contribution < 1.29 is 34.4 Å². The number of primary sulfonamides is 1. The predicted octanol–water partition coefficient (Wildman–Crippen LogP) is 0.820. The number of halogens is 4. The van der Waals surface area contributed by atoms with Crippen LogP contribution >= 0.6 is 0 Å². The molecule has 0 saturated heterocycles. The fourth-order valence-corrected chi connectivity index (χ4v) is 2.65. The molecule has 0 saturated carbocycles. The van der Waals surface area contributed by atoms with Crippen molar-refractivity contribution in [3.05, 3.63) is 24.0 Å². The lowest BCUT2D eigenvalue weighted by Crippen LogP contribution is -2.26.